The van der Waals surface area contributed by atoms with Crippen LogP contribution in [0.1, 0.15) is 39.2 Å². The first kappa shape index (κ1) is 24.8. The van der Waals surface area contributed by atoms with E-state index in [2.05, 4.69) is 34.7 Å². The van der Waals surface area contributed by atoms with Gasteiger partial charge in [0.05, 0.1) is 26.4 Å². The second-order valence-corrected chi connectivity index (χ2v) is 6.60. The van der Waals surface area contributed by atoms with Crippen molar-refractivity contribution >= 4 is 29.9 Å². The average Bonchev–Trinajstić information content (AvgIpc) is 3.48. The van der Waals surface area contributed by atoms with Gasteiger partial charge >= 0.3 is 0 Å². The normalized spacial score (nSPS) is 13.6. The summed E-state index contributed by atoms with van der Waals surface area (Å²) < 4.78 is 17.0. The van der Waals surface area contributed by atoms with Gasteiger partial charge in [0.25, 0.3) is 0 Å². The van der Waals surface area contributed by atoms with Crippen molar-refractivity contribution in [2.75, 3.05) is 46.1 Å². The van der Waals surface area contributed by atoms with Crippen LogP contribution < -0.4 is 20.1 Å². The fourth-order valence-electron chi connectivity index (χ4n) is 2.67. The summed E-state index contributed by atoms with van der Waals surface area (Å²) in [6.45, 7) is 11.2. The van der Waals surface area contributed by atoms with Crippen molar-refractivity contribution in [3.8, 4) is 11.5 Å². The second kappa shape index (κ2) is 14.7. The number of hydrogen-bond acceptors (Lipinski definition) is 4. The van der Waals surface area contributed by atoms with Gasteiger partial charge in [-0.3, -0.25) is 4.99 Å². The van der Waals surface area contributed by atoms with E-state index in [1.54, 1.807) is 0 Å². The smallest absolute Gasteiger partial charge is 0.191 e. The summed E-state index contributed by atoms with van der Waals surface area (Å²) in [7, 11) is 0. The molecule has 0 heterocycles. The molecular formula is C21H36IN3O3. The van der Waals surface area contributed by atoms with Crippen LogP contribution in [-0.2, 0) is 11.2 Å². The Morgan fingerprint density at radius 1 is 1.07 bits per heavy atom. The molecule has 0 aromatic heterocycles. The molecule has 1 aliphatic rings. The molecule has 0 unspecified atom stereocenters. The zero-order valence-corrected chi connectivity index (χ0v) is 19.8. The highest BCUT2D eigenvalue weighted by Gasteiger charge is 2.20. The van der Waals surface area contributed by atoms with Crippen LogP contribution in [0.5, 0.6) is 11.5 Å². The Labute approximate surface area is 186 Å². The molecule has 1 aromatic carbocycles. The van der Waals surface area contributed by atoms with E-state index >= 15 is 0 Å². The highest BCUT2D eigenvalue weighted by atomic mass is 127. The minimum atomic E-state index is 0. The molecule has 0 spiro atoms. The van der Waals surface area contributed by atoms with Crippen LogP contribution in [0.3, 0.4) is 0 Å². The van der Waals surface area contributed by atoms with E-state index < -0.39 is 0 Å². The van der Waals surface area contributed by atoms with Gasteiger partial charge in [0.15, 0.2) is 17.5 Å². The van der Waals surface area contributed by atoms with E-state index in [1.165, 1.54) is 18.4 Å². The molecule has 2 N–H and O–H groups in total. The maximum absolute atomic E-state index is 5.70. The van der Waals surface area contributed by atoms with E-state index in [4.69, 9.17) is 14.2 Å². The molecule has 1 saturated carbocycles. The summed E-state index contributed by atoms with van der Waals surface area (Å²) in [6.07, 6.45) is 3.53. The van der Waals surface area contributed by atoms with Crippen LogP contribution >= 0.6 is 24.0 Å². The molecule has 0 aliphatic heterocycles. The largest absolute Gasteiger partial charge is 0.490 e. The molecule has 0 amide bonds. The van der Waals surface area contributed by atoms with Gasteiger partial charge in [-0.15, -0.1) is 24.0 Å². The summed E-state index contributed by atoms with van der Waals surface area (Å²) in [5, 5.41) is 6.66. The molecule has 7 heteroatoms. The van der Waals surface area contributed by atoms with Crippen molar-refractivity contribution in [2.24, 2.45) is 10.9 Å². The zero-order chi connectivity index (χ0) is 19.3. The van der Waals surface area contributed by atoms with Crippen molar-refractivity contribution in [3.05, 3.63) is 23.8 Å². The van der Waals surface area contributed by atoms with Gasteiger partial charge < -0.3 is 24.8 Å². The first-order valence-electron chi connectivity index (χ1n) is 10.2. The van der Waals surface area contributed by atoms with Gasteiger partial charge in [0, 0.05) is 19.7 Å². The van der Waals surface area contributed by atoms with Crippen LogP contribution in [0.25, 0.3) is 0 Å². The van der Waals surface area contributed by atoms with Gasteiger partial charge in [-0.05, 0) is 63.6 Å². The number of rotatable bonds is 13. The van der Waals surface area contributed by atoms with Gasteiger partial charge in [-0.1, -0.05) is 6.07 Å². The molecule has 0 saturated heterocycles. The van der Waals surface area contributed by atoms with Gasteiger partial charge in [-0.2, -0.15) is 0 Å². The highest BCUT2D eigenvalue weighted by Crippen LogP contribution is 2.29. The van der Waals surface area contributed by atoms with Crippen LogP contribution in [0, 0.1) is 5.92 Å². The van der Waals surface area contributed by atoms with E-state index in [-0.39, 0.29) is 24.0 Å². The summed E-state index contributed by atoms with van der Waals surface area (Å²) in [4.78, 5) is 4.57. The molecule has 6 nitrogen and oxygen atoms in total. The fraction of sp³-hybridized carbons (Fsp3) is 0.667. The molecule has 0 radical (unpaired) electrons. The minimum Gasteiger partial charge on any atom is -0.490 e. The van der Waals surface area contributed by atoms with Gasteiger partial charge in [-0.25, -0.2) is 0 Å². The quantitative estimate of drug-likeness (QED) is 0.186. The number of nitrogens with zero attached hydrogens (tertiary/aromatic N) is 1. The first-order chi connectivity index (χ1) is 13.3. The molecular weight excluding hydrogens is 469 g/mol. The Morgan fingerprint density at radius 3 is 2.50 bits per heavy atom. The topological polar surface area (TPSA) is 64.1 Å². The number of guanidine groups is 1. The zero-order valence-electron chi connectivity index (χ0n) is 17.5. The lowest BCUT2D eigenvalue weighted by Crippen LogP contribution is -2.38. The summed E-state index contributed by atoms with van der Waals surface area (Å²) in [6, 6.07) is 6.14. The Hall–Kier alpha value is -1.22. The molecule has 1 aliphatic carbocycles. The van der Waals surface area contributed by atoms with Crippen molar-refractivity contribution in [2.45, 2.75) is 40.0 Å². The number of halogens is 1. The predicted octanol–water partition coefficient (Wildman–Crippen LogP) is 3.63. The summed E-state index contributed by atoms with van der Waals surface area (Å²) in [5.41, 5.74) is 1.21. The van der Waals surface area contributed by atoms with Crippen molar-refractivity contribution in [3.63, 3.8) is 0 Å². The monoisotopic (exact) mass is 505 g/mol. The molecule has 28 heavy (non-hydrogen) atoms. The lowest BCUT2D eigenvalue weighted by Gasteiger charge is -2.14. The highest BCUT2D eigenvalue weighted by molar-refractivity contribution is 14.0. The molecule has 1 aromatic rings. The standard InChI is InChI=1S/C21H35N3O3.HI/c1-4-22-21(24-13-14-25-16-18-7-8-18)23-12-11-17-9-10-19(26-5-2)20(15-17)27-6-3;/h9-10,15,18H,4-8,11-14,16H2,1-3H3,(H2,22,23,24);1H. The third kappa shape index (κ3) is 9.82. The van der Waals surface area contributed by atoms with E-state index in [1.807, 2.05) is 19.9 Å². The lowest BCUT2D eigenvalue weighted by atomic mass is 10.1. The SMILES string of the molecule is CCNC(=NCCOCC1CC1)NCCc1ccc(OCC)c(OCC)c1.I. The molecule has 1 fully saturated rings. The van der Waals surface area contributed by atoms with Crippen molar-refractivity contribution in [1.29, 1.82) is 0 Å². The number of hydrogen-bond donors (Lipinski definition) is 2. The summed E-state index contributed by atoms with van der Waals surface area (Å²) >= 11 is 0. The third-order valence-corrected chi connectivity index (χ3v) is 4.21. The van der Waals surface area contributed by atoms with Crippen LogP contribution in [0.4, 0.5) is 0 Å². The minimum absolute atomic E-state index is 0. The molecule has 160 valence electrons. The van der Waals surface area contributed by atoms with Gasteiger partial charge in [0.1, 0.15) is 0 Å². The van der Waals surface area contributed by atoms with Crippen LogP contribution in [-0.4, -0.2) is 52.0 Å². The Bertz CT molecular complexity index is 580. The molecule has 2 rings (SSSR count). The van der Waals surface area contributed by atoms with Crippen molar-refractivity contribution in [1.82, 2.24) is 10.6 Å². The maximum atomic E-state index is 5.70. The summed E-state index contributed by atoms with van der Waals surface area (Å²) in [5.74, 6) is 3.25. The third-order valence-electron chi connectivity index (χ3n) is 4.21. The van der Waals surface area contributed by atoms with E-state index in [9.17, 15) is 0 Å². The second-order valence-electron chi connectivity index (χ2n) is 6.60. The maximum Gasteiger partial charge on any atom is 0.191 e. The van der Waals surface area contributed by atoms with E-state index in [0.29, 0.717) is 26.4 Å². The Morgan fingerprint density at radius 2 is 1.82 bits per heavy atom. The number of benzene rings is 1. The molecule has 0 bridgehead atoms. The number of aliphatic imine (C=N–C) groups is 1. The van der Waals surface area contributed by atoms with Crippen LogP contribution in [0.2, 0.25) is 0 Å². The first-order valence-corrected chi connectivity index (χ1v) is 10.2. The fourth-order valence-corrected chi connectivity index (χ4v) is 2.67. The predicted molar refractivity (Wildman–Crippen MR) is 125 cm³/mol. The average molecular weight is 505 g/mol. The van der Waals surface area contributed by atoms with Crippen molar-refractivity contribution < 1.29 is 14.2 Å². The number of nitrogens with one attached hydrogen (secondary N) is 2. The number of ether oxygens (including phenoxy) is 3. The molecule has 0 atom stereocenters. The Kier molecular flexibility index (Phi) is 13.1. The van der Waals surface area contributed by atoms with Gasteiger partial charge in [0.2, 0.25) is 0 Å². The van der Waals surface area contributed by atoms with E-state index in [0.717, 1.165) is 49.5 Å². The Balaban J connectivity index is 0.00000392. The van der Waals surface area contributed by atoms with Crippen LogP contribution in [0.15, 0.2) is 23.2 Å². The lowest BCUT2D eigenvalue weighted by molar-refractivity contribution is 0.131.